The number of anilines is 2. The summed E-state index contributed by atoms with van der Waals surface area (Å²) < 4.78 is 23.4. The smallest absolute Gasteiger partial charge is 0.313 e. The number of nitrogens with one attached hydrogen (secondary N) is 2. The van der Waals surface area contributed by atoms with Gasteiger partial charge in [-0.2, -0.15) is 0 Å². The quantitative estimate of drug-likeness (QED) is 0.651. The van der Waals surface area contributed by atoms with Crippen molar-refractivity contribution in [3.63, 3.8) is 0 Å². The molecule has 8 nitrogen and oxygen atoms in total. The maximum Gasteiger partial charge on any atom is 0.313 e. The fourth-order valence-corrected chi connectivity index (χ4v) is 3.37. The van der Waals surface area contributed by atoms with E-state index in [4.69, 9.17) is 9.47 Å². The summed E-state index contributed by atoms with van der Waals surface area (Å²) in [6.45, 7) is 4.28. The maximum absolute atomic E-state index is 13.1. The average molecular weight is 430 g/mol. The summed E-state index contributed by atoms with van der Waals surface area (Å²) in [5.41, 5.74) is 1.39. The van der Waals surface area contributed by atoms with Gasteiger partial charge in [0.15, 0.2) is 0 Å². The van der Waals surface area contributed by atoms with Crippen LogP contribution in [-0.4, -0.2) is 70.2 Å². The first-order valence-corrected chi connectivity index (χ1v) is 10.0. The first kappa shape index (κ1) is 22.4. The topological polar surface area (TPSA) is 83.1 Å². The van der Waals surface area contributed by atoms with Crippen molar-refractivity contribution in [1.82, 2.24) is 10.2 Å². The normalized spacial score (nSPS) is 14.1. The van der Waals surface area contributed by atoms with E-state index in [1.165, 1.54) is 26.4 Å². The zero-order valence-corrected chi connectivity index (χ0v) is 17.7. The van der Waals surface area contributed by atoms with Crippen LogP contribution < -0.4 is 25.0 Å². The zero-order chi connectivity index (χ0) is 22.2. The summed E-state index contributed by atoms with van der Waals surface area (Å²) in [6.07, 6.45) is 0. The van der Waals surface area contributed by atoms with Crippen LogP contribution in [0.25, 0.3) is 0 Å². The molecule has 1 saturated heterocycles. The minimum absolute atomic E-state index is 0.243. The van der Waals surface area contributed by atoms with Crippen molar-refractivity contribution in [2.75, 3.05) is 63.7 Å². The fraction of sp³-hybridized carbons (Fsp3) is 0.364. The van der Waals surface area contributed by atoms with Gasteiger partial charge in [0.1, 0.15) is 17.3 Å². The van der Waals surface area contributed by atoms with Crippen molar-refractivity contribution in [2.45, 2.75) is 0 Å². The number of carbonyl (C=O) groups excluding carboxylic acids is 2. The molecule has 1 fully saturated rings. The zero-order valence-electron chi connectivity index (χ0n) is 17.7. The second-order valence-electron chi connectivity index (χ2n) is 7.08. The van der Waals surface area contributed by atoms with Crippen molar-refractivity contribution in [1.29, 1.82) is 0 Å². The molecule has 2 aromatic carbocycles. The van der Waals surface area contributed by atoms with Gasteiger partial charge in [-0.15, -0.1) is 0 Å². The SMILES string of the molecule is COc1ccc(NC(=O)C(=O)NCCN2CCN(c3ccc(F)cc3)CC2)c(OC)c1. The van der Waals surface area contributed by atoms with E-state index >= 15 is 0 Å². The summed E-state index contributed by atoms with van der Waals surface area (Å²) in [7, 11) is 3.00. The Morgan fingerprint density at radius 2 is 1.68 bits per heavy atom. The molecular weight excluding hydrogens is 403 g/mol. The predicted octanol–water partition coefficient (Wildman–Crippen LogP) is 1.72. The lowest BCUT2D eigenvalue weighted by molar-refractivity contribution is -0.136. The van der Waals surface area contributed by atoms with Crippen LogP contribution in [-0.2, 0) is 9.59 Å². The van der Waals surface area contributed by atoms with Gasteiger partial charge in [0.25, 0.3) is 0 Å². The number of piperazine rings is 1. The molecule has 0 atom stereocenters. The van der Waals surface area contributed by atoms with Gasteiger partial charge in [-0.1, -0.05) is 0 Å². The standard InChI is InChI=1S/C22H27FN4O4/c1-30-18-7-8-19(20(15-18)31-2)25-22(29)21(28)24-9-10-26-11-13-27(14-12-26)17-5-3-16(23)4-6-17/h3-8,15H,9-14H2,1-2H3,(H,24,28)(H,25,29). The first-order valence-electron chi connectivity index (χ1n) is 10.0. The molecule has 0 spiro atoms. The Labute approximate surface area is 180 Å². The van der Waals surface area contributed by atoms with Gasteiger partial charge in [0.05, 0.1) is 19.9 Å². The van der Waals surface area contributed by atoms with E-state index in [-0.39, 0.29) is 5.82 Å². The van der Waals surface area contributed by atoms with Crippen LogP contribution in [0.15, 0.2) is 42.5 Å². The Kier molecular flexibility index (Phi) is 7.66. The van der Waals surface area contributed by atoms with Gasteiger partial charge < -0.3 is 25.0 Å². The van der Waals surface area contributed by atoms with Crippen LogP contribution in [0.5, 0.6) is 11.5 Å². The van der Waals surface area contributed by atoms with E-state index in [0.717, 1.165) is 31.9 Å². The maximum atomic E-state index is 13.1. The molecular formula is C22H27FN4O4. The third kappa shape index (κ3) is 6.08. The number of halogens is 1. The number of carbonyl (C=O) groups is 2. The Bertz CT molecular complexity index is 899. The van der Waals surface area contributed by atoms with Crippen molar-refractivity contribution < 1.29 is 23.5 Å². The number of rotatable bonds is 7. The highest BCUT2D eigenvalue weighted by molar-refractivity contribution is 6.39. The highest BCUT2D eigenvalue weighted by Crippen LogP contribution is 2.28. The molecule has 0 saturated carbocycles. The lowest BCUT2D eigenvalue weighted by Crippen LogP contribution is -2.49. The molecule has 0 aromatic heterocycles. The van der Waals surface area contributed by atoms with E-state index in [2.05, 4.69) is 20.4 Å². The highest BCUT2D eigenvalue weighted by Gasteiger charge is 2.19. The van der Waals surface area contributed by atoms with Gasteiger partial charge in [-0.3, -0.25) is 14.5 Å². The Morgan fingerprint density at radius 3 is 2.32 bits per heavy atom. The number of nitrogens with zero attached hydrogens (tertiary/aromatic N) is 2. The summed E-state index contributed by atoms with van der Waals surface area (Å²) in [5.74, 6) is -0.724. The van der Waals surface area contributed by atoms with Crippen molar-refractivity contribution in [3.8, 4) is 11.5 Å². The number of amides is 2. The minimum Gasteiger partial charge on any atom is -0.497 e. The van der Waals surface area contributed by atoms with E-state index in [1.807, 2.05) is 0 Å². The van der Waals surface area contributed by atoms with Crippen LogP contribution in [0.1, 0.15) is 0 Å². The first-order chi connectivity index (χ1) is 15.0. The average Bonchev–Trinajstić information content (AvgIpc) is 2.80. The van der Waals surface area contributed by atoms with Crippen LogP contribution in [0.3, 0.4) is 0 Å². The molecule has 9 heteroatoms. The van der Waals surface area contributed by atoms with Crippen LogP contribution in [0.4, 0.5) is 15.8 Å². The summed E-state index contributed by atoms with van der Waals surface area (Å²) in [4.78, 5) is 28.7. The van der Waals surface area contributed by atoms with Crippen LogP contribution in [0.2, 0.25) is 0 Å². The van der Waals surface area contributed by atoms with Gasteiger partial charge in [0, 0.05) is 51.0 Å². The molecule has 1 aliphatic heterocycles. The van der Waals surface area contributed by atoms with Crippen molar-refractivity contribution in [2.24, 2.45) is 0 Å². The second kappa shape index (κ2) is 10.6. The molecule has 2 N–H and O–H groups in total. The summed E-state index contributed by atoms with van der Waals surface area (Å²) >= 11 is 0. The number of benzene rings is 2. The molecule has 0 radical (unpaired) electrons. The highest BCUT2D eigenvalue weighted by atomic mass is 19.1. The number of ether oxygens (including phenoxy) is 2. The molecule has 2 amide bonds. The monoisotopic (exact) mass is 430 g/mol. The Balaban J connectivity index is 1.40. The van der Waals surface area contributed by atoms with E-state index in [0.29, 0.717) is 30.3 Å². The molecule has 2 aromatic rings. The van der Waals surface area contributed by atoms with Gasteiger partial charge >= 0.3 is 11.8 Å². The molecule has 31 heavy (non-hydrogen) atoms. The molecule has 0 unspecified atom stereocenters. The number of methoxy groups -OCH3 is 2. The molecule has 166 valence electrons. The lowest BCUT2D eigenvalue weighted by atomic mass is 10.2. The summed E-state index contributed by atoms with van der Waals surface area (Å²) in [6, 6.07) is 11.4. The van der Waals surface area contributed by atoms with Crippen LogP contribution in [0, 0.1) is 5.82 Å². The van der Waals surface area contributed by atoms with Gasteiger partial charge in [-0.25, -0.2) is 4.39 Å². The Morgan fingerprint density at radius 1 is 0.968 bits per heavy atom. The fourth-order valence-electron chi connectivity index (χ4n) is 3.37. The van der Waals surface area contributed by atoms with Crippen LogP contribution >= 0.6 is 0 Å². The number of hydrogen-bond donors (Lipinski definition) is 2. The molecule has 0 aliphatic carbocycles. The summed E-state index contributed by atoms with van der Waals surface area (Å²) in [5, 5.41) is 5.20. The Hall–Kier alpha value is -3.33. The second-order valence-corrected chi connectivity index (χ2v) is 7.08. The molecule has 1 heterocycles. The lowest BCUT2D eigenvalue weighted by Gasteiger charge is -2.36. The van der Waals surface area contributed by atoms with Gasteiger partial charge in [0.2, 0.25) is 0 Å². The molecule has 3 rings (SSSR count). The predicted molar refractivity (Wildman–Crippen MR) is 116 cm³/mol. The minimum atomic E-state index is -0.760. The van der Waals surface area contributed by atoms with E-state index in [9.17, 15) is 14.0 Å². The number of hydrogen-bond acceptors (Lipinski definition) is 6. The third-order valence-corrected chi connectivity index (χ3v) is 5.14. The van der Waals surface area contributed by atoms with Crippen molar-refractivity contribution >= 4 is 23.2 Å². The largest absolute Gasteiger partial charge is 0.497 e. The van der Waals surface area contributed by atoms with Gasteiger partial charge in [-0.05, 0) is 36.4 Å². The van der Waals surface area contributed by atoms with E-state index in [1.54, 1.807) is 30.3 Å². The molecule has 0 bridgehead atoms. The van der Waals surface area contributed by atoms with Crippen molar-refractivity contribution in [3.05, 3.63) is 48.3 Å². The van der Waals surface area contributed by atoms with E-state index < -0.39 is 11.8 Å². The third-order valence-electron chi connectivity index (χ3n) is 5.14. The molecule has 1 aliphatic rings.